The highest BCUT2D eigenvalue weighted by Gasteiger charge is 2.48. The van der Waals surface area contributed by atoms with Crippen molar-refractivity contribution < 1.29 is 19.1 Å². The highest BCUT2D eigenvalue weighted by Crippen LogP contribution is 2.45. The molecule has 8 heteroatoms. The van der Waals surface area contributed by atoms with Crippen LogP contribution in [0.3, 0.4) is 0 Å². The van der Waals surface area contributed by atoms with Crippen molar-refractivity contribution in [2.45, 2.75) is 95.6 Å². The quantitative estimate of drug-likeness (QED) is 0.671. The van der Waals surface area contributed by atoms with E-state index >= 15 is 0 Å². The molecule has 5 heterocycles. The number of carbonyl (C=O) groups is 2. The number of hydrogen-bond acceptors (Lipinski definition) is 6. The third kappa shape index (κ3) is 4.27. The van der Waals surface area contributed by atoms with E-state index < -0.39 is 0 Å². The molecule has 2 bridgehead atoms. The maximum atomic E-state index is 13.6. The van der Waals surface area contributed by atoms with E-state index in [0.717, 1.165) is 58.2 Å². The third-order valence-electron chi connectivity index (χ3n) is 9.46. The zero-order chi connectivity index (χ0) is 25.7. The molecule has 3 saturated heterocycles. The number of nitrogens with zero attached hydrogens (tertiary/aromatic N) is 3. The Morgan fingerprint density at radius 2 is 1.81 bits per heavy atom. The second-order valence-corrected chi connectivity index (χ2v) is 11.6. The van der Waals surface area contributed by atoms with Crippen molar-refractivity contribution in [2.24, 2.45) is 0 Å². The van der Waals surface area contributed by atoms with Gasteiger partial charge in [0.15, 0.2) is 6.23 Å². The predicted molar refractivity (Wildman–Crippen MR) is 139 cm³/mol. The first-order valence-corrected chi connectivity index (χ1v) is 14.1. The molecule has 37 heavy (non-hydrogen) atoms. The molecule has 2 amide bonds. The summed E-state index contributed by atoms with van der Waals surface area (Å²) < 4.78 is 11.1. The molecule has 3 atom stereocenters. The number of piperidine rings is 2. The molecule has 1 aromatic rings. The maximum absolute atomic E-state index is 13.6. The Hall–Kier alpha value is -2.74. The number of rotatable bonds is 3. The van der Waals surface area contributed by atoms with Crippen LogP contribution in [0.1, 0.15) is 70.4 Å². The molecule has 5 aliphatic rings. The van der Waals surface area contributed by atoms with Crippen molar-refractivity contribution in [1.29, 1.82) is 0 Å². The lowest BCUT2D eigenvalue weighted by molar-refractivity contribution is -0.130. The summed E-state index contributed by atoms with van der Waals surface area (Å²) >= 11 is 0. The second kappa shape index (κ2) is 9.53. The molecule has 3 fully saturated rings. The van der Waals surface area contributed by atoms with Gasteiger partial charge in [0, 0.05) is 36.6 Å². The fraction of sp³-hybridized carbons (Fsp3) is 0.655. The summed E-state index contributed by atoms with van der Waals surface area (Å²) in [4.78, 5) is 32.8. The van der Waals surface area contributed by atoms with Gasteiger partial charge >= 0.3 is 6.09 Å². The fourth-order valence-corrected chi connectivity index (χ4v) is 7.75. The summed E-state index contributed by atoms with van der Waals surface area (Å²) in [7, 11) is 0. The molecular weight excluding hydrogens is 468 g/mol. The topological polar surface area (TPSA) is 74.4 Å². The summed E-state index contributed by atoms with van der Waals surface area (Å²) in [5.74, 6) is 0.727. The minimum Gasteiger partial charge on any atom is -0.473 e. The van der Waals surface area contributed by atoms with Crippen LogP contribution < -0.4 is 5.32 Å². The Morgan fingerprint density at radius 3 is 2.46 bits per heavy atom. The normalized spacial score (nSPS) is 30.7. The van der Waals surface area contributed by atoms with E-state index in [-0.39, 0.29) is 23.6 Å². The number of benzene rings is 1. The number of likely N-dealkylation sites (tertiary alicyclic amines) is 1. The van der Waals surface area contributed by atoms with Gasteiger partial charge in [-0.25, -0.2) is 4.79 Å². The number of fused-ring (bicyclic) bond motifs is 4. The van der Waals surface area contributed by atoms with Crippen molar-refractivity contribution in [3.05, 3.63) is 46.8 Å². The Morgan fingerprint density at radius 1 is 1.11 bits per heavy atom. The minimum atomic E-state index is -0.168. The van der Waals surface area contributed by atoms with E-state index in [9.17, 15) is 9.59 Å². The standard InChI is InChI=1S/C29H40N4O4/c1-4-36-28(35)33-22-9-10-23(33)16-24(15-22)31-13-11-29(12-14-31)18-32(17-21-7-5-6-8-25(21)29)27(34)26-19(2)37-20(3)30-26/h5-8,20,22-24,30H,4,9-18H2,1-3H3. The maximum Gasteiger partial charge on any atom is 0.410 e. The number of amides is 2. The molecule has 0 aromatic heterocycles. The van der Waals surface area contributed by atoms with E-state index in [1.165, 1.54) is 11.1 Å². The van der Waals surface area contributed by atoms with Gasteiger partial charge in [-0.3, -0.25) is 4.79 Å². The Balaban J connectivity index is 1.17. The van der Waals surface area contributed by atoms with Crippen LogP contribution in [0.15, 0.2) is 35.7 Å². The van der Waals surface area contributed by atoms with Crippen LogP contribution in [0.4, 0.5) is 4.79 Å². The van der Waals surface area contributed by atoms with E-state index in [4.69, 9.17) is 9.47 Å². The molecule has 6 rings (SSSR count). The summed E-state index contributed by atoms with van der Waals surface area (Å²) in [5, 5.41) is 3.22. The average molecular weight is 509 g/mol. The molecule has 200 valence electrons. The zero-order valence-electron chi connectivity index (χ0n) is 22.4. The molecule has 1 spiro atoms. The molecule has 0 radical (unpaired) electrons. The van der Waals surface area contributed by atoms with Gasteiger partial charge in [0.2, 0.25) is 0 Å². The van der Waals surface area contributed by atoms with Gasteiger partial charge in [0.05, 0.1) is 6.61 Å². The van der Waals surface area contributed by atoms with Gasteiger partial charge in [-0.15, -0.1) is 0 Å². The van der Waals surface area contributed by atoms with Crippen molar-refractivity contribution in [3.63, 3.8) is 0 Å². The Kier molecular flexibility index (Phi) is 6.33. The fourth-order valence-electron chi connectivity index (χ4n) is 7.75. The van der Waals surface area contributed by atoms with Crippen LogP contribution in [0.2, 0.25) is 0 Å². The largest absolute Gasteiger partial charge is 0.473 e. The van der Waals surface area contributed by atoms with Crippen LogP contribution in [-0.4, -0.2) is 77.3 Å². The van der Waals surface area contributed by atoms with Crippen LogP contribution in [0.25, 0.3) is 0 Å². The van der Waals surface area contributed by atoms with E-state index in [1.54, 1.807) is 0 Å². The lowest BCUT2D eigenvalue weighted by Crippen LogP contribution is -2.58. The molecule has 8 nitrogen and oxygen atoms in total. The number of nitrogens with one attached hydrogen (secondary N) is 1. The molecule has 1 N–H and O–H groups in total. The lowest BCUT2D eigenvalue weighted by Gasteiger charge is -2.51. The van der Waals surface area contributed by atoms with Gasteiger partial charge in [0.1, 0.15) is 11.5 Å². The third-order valence-corrected chi connectivity index (χ3v) is 9.46. The Bertz CT molecular complexity index is 1080. The molecule has 3 unspecified atom stereocenters. The van der Waals surface area contributed by atoms with Gasteiger partial charge in [-0.1, -0.05) is 24.3 Å². The molecule has 0 aliphatic carbocycles. The summed E-state index contributed by atoms with van der Waals surface area (Å²) in [5.41, 5.74) is 3.26. The summed E-state index contributed by atoms with van der Waals surface area (Å²) in [6.45, 7) is 9.56. The van der Waals surface area contributed by atoms with Gasteiger partial charge in [-0.2, -0.15) is 0 Å². The highest BCUT2D eigenvalue weighted by molar-refractivity contribution is 5.94. The first-order chi connectivity index (χ1) is 17.9. The van der Waals surface area contributed by atoms with Crippen LogP contribution in [0, 0.1) is 0 Å². The zero-order valence-corrected chi connectivity index (χ0v) is 22.4. The number of allylic oxidation sites excluding steroid dienone is 1. The van der Waals surface area contributed by atoms with Crippen LogP contribution in [0.5, 0.6) is 0 Å². The van der Waals surface area contributed by atoms with Crippen molar-refractivity contribution in [2.75, 3.05) is 26.2 Å². The SMILES string of the molecule is CCOC(=O)N1C2CCC1CC(N1CCC3(CC1)CN(C(=O)C1=C(C)OC(C)N1)Cc1ccccc13)C2. The lowest BCUT2D eigenvalue weighted by atomic mass is 9.68. The smallest absolute Gasteiger partial charge is 0.410 e. The summed E-state index contributed by atoms with van der Waals surface area (Å²) in [6.07, 6.45) is 6.05. The predicted octanol–water partition coefficient (Wildman–Crippen LogP) is 3.71. The molecule has 5 aliphatic heterocycles. The van der Waals surface area contributed by atoms with E-state index in [1.807, 2.05) is 30.6 Å². The van der Waals surface area contributed by atoms with Crippen molar-refractivity contribution in [3.8, 4) is 0 Å². The van der Waals surface area contributed by atoms with Crippen LogP contribution in [-0.2, 0) is 26.2 Å². The van der Waals surface area contributed by atoms with Gasteiger partial charge < -0.3 is 29.5 Å². The monoisotopic (exact) mass is 508 g/mol. The minimum absolute atomic E-state index is 0.0227. The van der Waals surface area contributed by atoms with E-state index in [2.05, 4.69) is 34.5 Å². The molecule has 1 aromatic carbocycles. The second-order valence-electron chi connectivity index (χ2n) is 11.6. The van der Waals surface area contributed by atoms with Crippen LogP contribution >= 0.6 is 0 Å². The van der Waals surface area contributed by atoms with Gasteiger partial charge in [0.25, 0.3) is 5.91 Å². The van der Waals surface area contributed by atoms with Gasteiger partial charge in [-0.05, 0) is 83.5 Å². The molecule has 0 saturated carbocycles. The van der Waals surface area contributed by atoms with E-state index in [0.29, 0.717) is 42.7 Å². The number of carbonyl (C=O) groups excluding carboxylic acids is 2. The van der Waals surface area contributed by atoms with Crippen molar-refractivity contribution in [1.82, 2.24) is 20.0 Å². The first kappa shape index (κ1) is 24.6. The molecular formula is C29H40N4O4. The number of hydrogen-bond donors (Lipinski definition) is 1. The Labute approximate surface area is 219 Å². The first-order valence-electron chi connectivity index (χ1n) is 14.1. The number of ether oxygens (including phenoxy) is 2. The average Bonchev–Trinajstić information content (AvgIpc) is 3.37. The summed E-state index contributed by atoms with van der Waals surface area (Å²) in [6, 6.07) is 9.85. The van der Waals surface area contributed by atoms with Crippen molar-refractivity contribution >= 4 is 12.0 Å². The highest BCUT2D eigenvalue weighted by atomic mass is 16.6.